The van der Waals surface area contributed by atoms with E-state index in [0.717, 1.165) is 22.1 Å². The lowest BCUT2D eigenvalue weighted by Gasteiger charge is -2.26. The fourth-order valence-corrected chi connectivity index (χ4v) is 3.78. The summed E-state index contributed by atoms with van der Waals surface area (Å²) in [7, 11) is 0. The highest BCUT2D eigenvalue weighted by molar-refractivity contribution is 5.90. The lowest BCUT2D eigenvalue weighted by atomic mass is 9.79. The van der Waals surface area contributed by atoms with Gasteiger partial charge in [0.25, 0.3) is 5.56 Å². The summed E-state index contributed by atoms with van der Waals surface area (Å²) in [5, 5.41) is 27.4. The number of nitrogens with zero attached hydrogens (tertiary/aromatic N) is 4. The molecule has 0 saturated heterocycles. The van der Waals surface area contributed by atoms with Crippen molar-refractivity contribution in [3.8, 4) is 0 Å². The number of hydrogen-bond acceptors (Lipinski definition) is 6. The Labute approximate surface area is 178 Å². The maximum atomic E-state index is 13.0. The van der Waals surface area contributed by atoms with Gasteiger partial charge in [-0.1, -0.05) is 26.3 Å². The number of rotatable bonds is 6. The summed E-state index contributed by atoms with van der Waals surface area (Å²) >= 11 is 0. The summed E-state index contributed by atoms with van der Waals surface area (Å²) in [5.41, 5.74) is 1.75. The first-order chi connectivity index (χ1) is 14.9. The molecule has 1 aromatic carbocycles. The maximum absolute atomic E-state index is 13.0. The second kappa shape index (κ2) is 8.25. The molecular weight excluding hydrogens is 394 g/mol. The summed E-state index contributed by atoms with van der Waals surface area (Å²) in [4.78, 5) is 25.6. The Bertz CT molecular complexity index is 1290. The third-order valence-corrected chi connectivity index (χ3v) is 5.68. The molecule has 9 heteroatoms. The lowest BCUT2D eigenvalue weighted by Crippen LogP contribution is -2.32. The van der Waals surface area contributed by atoms with Gasteiger partial charge in [0.1, 0.15) is 18.4 Å². The topological polar surface area (TPSA) is 130 Å². The van der Waals surface area contributed by atoms with Crippen molar-refractivity contribution < 1.29 is 4.79 Å². The van der Waals surface area contributed by atoms with Crippen molar-refractivity contribution in [2.24, 2.45) is 0 Å². The molecule has 1 saturated carbocycles. The Kier molecular flexibility index (Phi) is 5.50. The average molecular weight is 419 g/mol. The van der Waals surface area contributed by atoms with Crippen LogP contribution >= 0.6 is 0 Å². The standard InChI is InChI=1S/C22H25N7O2/c1-13(2)21-17-10-15(14-4-3-5-14)6-7-16(17)22(31)28(27-21)11-20(30)25-19-9-8-18(24)29(12-23)26-19/h6-10,12-14,23-24H,3-5,11H2,1-2H3,(H,25,26,30). The quantitative estimate of drug-likeness (QED) is 0.419. The minimum Gasteiger partial charge on any atom is -0.308 e. The van der Waals surface area contributed by atoms with Crippen LogP contribution in [0.5, 0.6) is 0 Å². The molecule has 1 amide bonds. The van der Waals surface area contributed by atoms with Gasteiger partial charge in [-0.25, -0.2) is 9.36 Å². The summed E-state index contributed by atoms with van der Waals surface area (Å²) in [6.45, 7) is 3.79. The van der Waals surface area contributed by atoms with Crippen LogP contribution in [0.2, 0.25) is 0 Å². The first-order valence-electron chi connectivity index (χ1n) is 10.4. The largest absolute Gasteiger partial charge is 0.308 e. The Morgan fingerprint density at radius 3 is 2.65 bits per heavy atom. The summed E-state index contributed by atoms with van der Waals surface area (Å²) < 4.78 is 2.21. The highest BCUT2D eigenvalue weighted by Gasteiger charge is 2.22. The van der Waals surface area contributed by atoms with Crippen LogP contribution in [0.1, 0.15) is 56.2 Å². The summed E-state index contributed by atoms with van der Waals surface area (Å²) in [6.07, 6.45) is 4.48. The van der Waals surface area contributed by atoms with E-state index in [1.807, 2.05) is 26.0 Å². The Morgan fingerprint density at radius 1 is 1.23 bits per heavy atom. The van der Waals surface area contributed by atoms with Gasteiger partial charge in [-0.05, 0) is 54.5 Å². The smallest absolute Gasteiger partial charge is 0.275 e. The molecular formula is C22H25N7O2. The number of aromatic nitrogens is 4. The van der Waals surface area contributed by atoms with Crippen molar-refractivity contribution in [1.29, 1.82) is 10.8 Å². The molecule has 0 aliphatic heterocycles. The minimum absolute atomic E-state index is 0.0169. The second-order valence-corrected chi connectivity index (χ2v) is 8.16. The second-order valence-electron chi connectivity index (χ2n) is 8.16. The van der Waals surface area contributed by atoms with Crippen molar-refractivity contribution in [3.05, 3.63) is 57.4 Å². The summed E-state index contributed by atoms with van der Waals surface area (Å²) in [5.74, 6) is 0.375. The van der Waals surface area contributed by atoms with E-state index in [-0.39, 0.29) is 29.3 Å². The molecule has 9 nitrogen and oxygen atoms in total. The first-order valence-corrected chi connectivity index (χ1v) is 10.4. The predicted octanol–water partition coefficient (Wildman–Crippen LogP) is 2.56. The molecule has 160 valence electrons. The number of nitrogens with one attached hydrogen (secondary N) is 3. The number of fused-ring (bicyclic) bond motifs is 1. The molecule has 31 heavy (non-hydrogen) atoms. The van der Waals surface area contributed by atoms with Crippen molar-refractivity contribution in [3.63, 3.8) is 0 Å². The number of carbonyl (C=O) groups is 1. The summed E-state index contributed by atoms with van der Waals surface area (Å²) in [6, 6.07) is 8.86. The molecule has 3 aromatic rings. The van der Waals surface area contributed by atoms with Crippen LogP contribution in [0, 0.1) is 10.8 Å². The van der Waals surface area contributed by atoms with Gasteiger partial charge in [-0.3, -0.25) is 20.4 Å². The molecule has 2 aromatic heterocycles. The van der Waals surface area contributed by atoms with E-state index in [9.17, 15) is 9.59 Å². The van der Waals surface area contributed by atoms with E-state index in [2.05, 4.69) is 21.6 Å². The molecule has 4 rings (SSSR count). The molecule has 0 spiro atoms. The van der Waals surface area contributed by atoms with Crippen LogP contribution in [0.3, 0.4) is 0 Å². The van der Waals surface area contributed by atoms with Gasteiger partial charge < -0.3 is 5.32 Å². The predicted molar refractivity (Wildman–Crippen MR) is 118 cm³/mol. The molecule has 0 bridgehead atoms. The fourth-order valence-electron chi connectivity index (χ4n) is 3.78. The molecule has 1 aliphatic rings. The number of hydrogen-bond donors (Lipinski definition) is 3. The Hall–Kier alpha value is -3.62. The lowest BCUT2D eigenvalue weighted by molar-refractivity contribution is -0.117. The van der Waals surface area contributed by atoms with E-state index in [4.69, 9.17) is 10.8 Å². The van der Waals surface area contributed by atoms with Gasteiger partial charge in [0.05, 0.1) is 11.1 Å². The molecule has 1 aliphatic carbocycles. The van der Waals surface area contributed by atoms with Crippen molar-refractivity contribution in [2.45, 2.75) is 51.5 Å². The van der Waals surface area contributed by atoms with Gasteiger partial charge >= 0.3 is 0 Å². The number of carbonyl (C=O) groups excluding carboxylic acids is 1. The monoisotopic (exact) mass is 419 g/mol. The molecule has 1 fully saturated rings. The Morgan fingerprint density at radius 2 is 2.00 bits per heavy atom. The van der Waals surface area contributed by atoms with Crippen molar-refractivity contribution >= 4 is 28.8 Å². The van der Waals surface area contributed by atoms with Gasteiger partial charge in [-0.2, -0.15) is 5.10 Å². The van der Waals surface area contributed by atoms with Crippen LogP contribution in [-0.4, -0.2) is 31.8 Å². The number of anilines is 1. The molecule has 0 unspecified atom stereocenters. The zero-order chi connectivity index (χ0) is 22.1. The van der Waals surface area contributed by atoms with Crippen LogP contribution in [0.25, 0.3) is 10.8 Å². The van der Waals surface area contributed by atoms with E-state index in [1.165, 1.54) is 41.6 Å². The first kappa shape index (κ1) is 20.6. The van der Waals surface area contributed by atoms with E-state index >= 15 is 0 Å². The van der Waals surface area contributed by atoms with Crippen LogP contribution in [0.4, 0.5) is 5.82 Å². The molecule has 3 N–H and O–H groups in total. The molecule has 0 atom stereocenters. The fraction of sp³-hybridized carbons (Fsp3) is 0.364. The van der Waals surface area contributed by atoms with E-state index in [0.29, 0.717) is 11.3 Å². The number of amides is 1. The Balaban J connectivity index is 1.66. The van der Waals surface area contributed by atoms with Crippen molar-refractivity contribution in [2.75, 3.05) is 5.32 Å². The highest BCUT2D eigenvalue weighted by Crippen LogP contribution is 2.37. The van der Waals surface area contributed by atoms with Gasteiger partial charge in [0, 0.05) is 5.39 Å². The van der Waals surface area contributed by atoms with Crippen LogP contribution in [0.15, 0.2) is 35.1 Å². The maximum Gasteiger partial charge on any atom is 0.275 e. The third-order valence-electron chi connectivity index (χ3n) is 5.68. The molecule has 0 radical (unpaired) electrons. The van der Waals surface area contributed by atoms with E-state index in [1.54, 1.807) is 0 Å². The molecule has 2 heterocycles. The SMILES string of the molecule is CC(C)c1nn(CC(=O)Nc2ccc(=N)n(C=N)n2)c(=O)c2ccc(C3CCC3)cc12. The van der Waals surface area contributed by atoms with Crippen LogP contribution < -0.4 is 16.4 Å². The zero-order valence-corrected chi connectivity index (χ0v) is 17.6. The van der Waals surface area contributed by atoms with Gasteiger partial charge in [-0.15, -0.1) is 5.10 Å². The van der Waals surface area contributed by atoms with Gasteiger partial charge in [0.15, 0.2) is 5.82 Å². The normalized spacial score (nSPS) is 13.9. The van der Waals surface area contributed by atoms with Gasteiger partial charge in [0.2, 0.25) is 5.91 Å². The van der Waals surface area contributed by atoms with Crippen molar-refractivity contribution in [1.82, 2.24) is 19.6 Å². The third kappa shape index (κ3) is 4.03. The zero-order valence-electron chi connectivity index (χ0n) is 17.6. The number of benzene rings is 1. The average Bonchev–Trinajstić information content (AvgIpc) is 2.70. The van der Waals surface area contributed by atoms with E-state index < -0.39 is 5.91 Å². The minimum atomic E-state index is -0.462. The van der Waals surface area contributed by atoms with Crippen LogP contribution in [-0.2, 0) is 11.3 Å². The highest BCUT2D eigenvalue weighted by atomic mass is 16.2.